The van der Waals surface area contributed by atoms with Crippen molar-refractivity contribution in [2.45, 2.75) is 65.0 Å². The van der Waals surface area contributed by atoms with E-state index in [0.717, 1.165) is 18.9 Å². The van der Waals surface area contributed by atoms with Gasteiger partial charge in [0.05, 0.1) is 0 Å². The molecule has 1 aliphatic heterocycles. The molecule has 2 N–H and O–H groups in total. The van der Waals surface area contributed by atoms with Gasteiger partial charge in [0.15, 0.2) is 0 Å². The van der Waals surface area contributed by atoms with Gasteiger partial charge in [-0.05, 0) is 42.4 Å². The second-order valence-corrected chi connectivity index (χ2v) is 7.55. The summed E-state index contributed by atoms with van der Waals surface area (Å²) < 4.78 is 0. The molecule has 0 aromatic heterocycles. The average Bonchev–Trinajstić information content (AvgIpc) is 2.78. The predicted molar refractivity (Wildman–Crippen MR) is 72.2 cm³/mol. The van der Waals surface area contributed by atoms with Crippen molar-refractivity contribution in [3.8, 4) is 0 Å². The van der Waals surface area contributed by atoms with Gasteiger partial charge in [-0.25, -0.2) is 0 Å². The van der Waals surface area contributed by atoms with Crippen molar-refractivity contribution in [1.82, 2.24) is 10.6 Å². The van der Waals surface area contributed by atoms with Crippen LogP contribution in [0.3, 0.4) is 0 Å². The van der Waals surface area contributed by atoms with Crippen LogP contribution < -0.4 is 10.6 Å². The van der Waals surface area contributed by atoms with Crippen LogP contribution in [0.4, 0.5) is 0 Å². The third kappa shape index (κ3) is 1.78. The van der Waals surface area contributed by atoms with Crippen molar-refractivity contribution < 1.29 is 4.79 Å². The number of nitrogens with one attached hydrogen (secondary N) is 2. The Hall–Kier alpha value is -0.570. The lowest BCUT2D eigenvalue weighted by Gasteiger charge is -2.45. The summed E-state index contributed by atoms with van der Waals surface area (Å²) in [5.41, 5.74) is 0.893. The fraction of sp³-hybridized carbons (Fsp3) is 0.933. The number of fused-ring (bicyclic) bond motifs is 2. The van der Waals surface area contributed by atoms with Crippen LogP contribution in [0.15, 0.2) is 0 Å². The van der Waals surface area contributed by atoms with E-state index in [9.17, 15) is 4.79 Å². The predicted octanol–water partition coefficient (Wildman–Crippen LogP) is 2.07. The first-order valence-corrected chi connectivity index (χ1v) is 7.44. The van der Waals surface area contributed by atoms with Crippen LogP contribution in [0.5, 0.6) is 0 Å². The number of carbonyl (C=O) groups is 1. The lowest BCUT2D eigenvalue weighted by Crippen LogP contribution is -2.57. The Balaban J connectivity index is 1.70. The number of hydrogen-bond donors (Lipinski definition) is 2. The van der Waals surface area contributed by atoms with Gasteiger partial charge in [0.1, 0.15) is 0 Å². The first-order chi connectivity index (χ1) is 8.42. The zero-order valence-corrected chi connectivity index (χ0v) is 11.9. The molecule has 3 aliphatic rings. The second-order valence-electron chi connectivity index (χ2n) is 7.55. The SMILES string of the molecule is CC12CCC(C1)C(C)(C)C2NC1CCC(=O)NC1. The highest BCUT2D eigenvalue weighted by atomic mass is 16.1. The first kappa shape index (κ1) is 12.5. The summed E-state index contributed by atoms with van der Waals surface area (Å²) in [5.74, 6) is 1.10. The second kappa shape index (κ2) is 3.96. The molecular formula is C15H26N2O. The first-order valence-electron chi connectivity index (χ1n) is 7.44. The maximum Gasteiger partial charge on any atom is 0.220 e. The van der Waals surface area contributed by atoms with Gasteiger partial charge >= 0.3 is 0 Å². The highest BCUT2D eigenvalue weighted by molar-refractivity contribution is 5.76. The van der Waals surface area contributed by atoms with E-state index in [1.54, 1.807) is 0 Å². The molecule has 0 spiro atoms. The maximum absolute atomic E-state index is 11.2. The molecule has 0 radical (unpaired) electrons. The van der Waals surface area contributed by atoms with E-state index in [4.69, 9.17) is 0 Å². The van der Waals surface area contributed by atoms with E-state index in [1.807, 2.05) is 0 Å². The Morgan fingerprint density at radius 2 is 2.06 bits per heavy atom. The fourth-order valence-corrected chi connectivity index (χ4v) is 4.83. The van der Waals surface area contributed by atoms with E-state index < -0.39 is 0 Å². The maximum atomic E-state index is 11.2. The number of hydrogen-bond acceptors (Lipinski definition) is 2. The molecule has 1 saturated heterocycles. The van der Waals surface area contributed by atoms with Crippen molar-refractivity contribution in [3.63, 3.8) is 0 Å². The minimum Gasteiger partial charge on any atom is -0.355 e. The van der Waals surface area contributed by atoms with Crippen molar-refractivity contribution in [2.75, 3.05) is 6.54 Å². The van der Waals surface area contributed by atoms with Gasteiger partial charge in [-0.2, -0.15) is 0 Å². The molecular weight excluding hydrogens is 224 g/mol. The van der Waals surface area contributed by atoms with E-state index in [1.165, 1.54) is 19.3 Å². The highest BCUT2D eigenvalue weighted by Crippen LogP contribution is 2.62. The van der Waals surface area contributed by atoms with Gasteiger partial charge in [0.2, 0.25) is 5.91 Å². The normalized spacial score (nSPS) is 46.2. The summed E-state index contributed by atoms with van der Waals surface area (Å²) in [7, 11) is 0. The molecule has 18 heavy (non-hydrogen) atoms. The quantitative estimate of drug-likeness (QED) is 0.788. The van der Waals surface area contributed by atoms with Crippen LogP contribution in [0.2, 0.25) is 0 Å². The van der Waals surface area contributed by atoms with Crippen LogP contribution in [0.1, 0.15) is 52.9 Å². The summed E-state index contributed by atoms with van der Waals surface area (Å²) in [5, 5.41) is 6.87. The molecule has 3 nitrogen and oxygen atoms in total. The Labute approximate surface area is 110 Å². The summed E-state index contributed by atoms with van der Waals surface area (Å²) in [4.78, 5) is 11.2. The number of amides is 1. The highest BCUT2D eigenvalue weighted by Gasteiger charge is 2.59. The van der Waals surface area contributed by atoms with Crippen molar-refractivity contribution in [1.29, 1.82) is 0 Å². The van der Waals surface area contributed by atoms with Gasteiger partial charge in [0.25, 0.3) is 0 Å². The lowest BCUT2D eigenvalue weighted by molar-refractivity contribution is -0.122. The van der Waals surface area contributed by atoms with E-state index >= 15 is 0 Å². The van der Waals surface area contributed by atoms with Crippen LogP contribution >= 0.6 is 0 Å². The summed E-state index contributed by atoms with van der Waals surface area (Å²) in [6.07, 6.45) is 5.85. The van der Waals surface area contributed by atoms with Crippen LogP contribution in [0, 0.1) is 16.7 Å². The summed E-state index contributed by atoms with van der Waals surface area (Å²) in [6, 6.07) is 1.09. The molecule has 4 atom stereocenters. The Bertz CT molecular complexity index is 351. The van der Waals surface area contributed by atoms with Gasteiger partial charge in [-0.1, -0.05) is 20.8 Å². The number of carbonyl (C=O) groups excluding carboxylic acids is 1. The fourth-order valence-electron chi connectivity index (χ4n) is 4.83. The molecule has 4 unspecified atom stereocenters. The molecule has 2 bridgehead atoms. The minimum atomic E-state index is 0.214. The molecule has 2 aliphatic carbocycles. The molecule has 3 fully saturated rings. The smallest absolute Gasteiger partial charge is 0.220 e. The molecule has 1 heterocycles. The molecule has 2 saturated carbocycles. The zero-order chi connectivity index (χ0) is 13.0. The average molecular weight is 250 g/mol. The van der Waals surface area contributed by atoms with Crippen LogP contribution in [-0.4, -0.2) is 24.5 Å². The lowest BCUT2D eigenvalue weighted by atomic mass is 9.68. The van der Waals surface area contributed by atoms with Crippen LogP contribution in [0.25, 0.3) is 0 Å². The summed E-state index contributed by atoms with van der Waals surface area (Å²) in [6.45, 7) is 8.13. The van der Waals surface area contributed by atoms with Crippen molar-refractivity contribution in [2.24, 2.45) is 16.7 Å². The van der Waals surface area contributed by atoms with Crippen molar-refractivity contribution in [3.05, 3.63) is 0 Å². The van der Waals surface area contributed by atoms with Gasteiger partial charge in [-0.15, -0.1) is 0 Å². The number of rotatable bonds is 2. The third-order valence-corrected chi connectivity index (χ3v) is 5.94. The van der Waals surface area contributed by atoms with Gasteiger partial charge in [0, 0.05) is 25.0 Å². The number of piperidine rings is 1. The third-order valence-electron chi connectivity index (χ3n) is 5.94. The Morgan fingerprint density at radius 3 is 2.61 bits per heavy atom. The minimum absolute atomic E-state index is 0.214. The molecule has 0 aromatic rings. The standard InChI is InChI=1S/C15H26N2O/c1-14(2)10-6-7-15(3,8-10)13(14)17-11-4-5-12(18)16-9-11/h10-11,13,17H,4-9H2,1-3H3,(H,16,18). The van der Waals surface area contributed by atoms with E-state index in [0.29, 0.717) is 29.3 Å². The molecule has 0 aromatic carbocycles. The Morgan fingerprint density at radius 1 is 1.28 bits per heavy atom. The van der Waals surface area contributed by atoms with E-state index in [-0.39, 0.29) is 5.91 Å². The zero-order valence-electron chi connectivity index (χ0n) is 11.9. The topological polar surface area (TPSA) is 41.1 Å². The molecule has 3 heteroatoms. The monoisotopic (exact) mass is 250 g/mol. The molecule has 3 rings (SSSR count). The van der Waals surface area contributed by atoms with Gasteiger partial charge in [-0.3, -0.25) is 4.79 Å². The molecule has 102 valence electrons. The summed E-state index contributed by atoms with van der Waals surface area (Å²) >= 11 is 0. The Kier molecular flexibility index (Phi) is 2.74. The van der Waals surface area contributed by atoms with Crippen molar-refractivity contribution >= 4 is 5.91 Å². The van der Waals surface area contributed by atoms with E-state index in [2.05, 4.69) is 31.4 Å². The van der Waals surface area contributed by atoms with Gasteiger partial charge < -0.3 is 10.6 Å². The van der Waals surface area contributed by atoms with Crippen LogP contribution in [-0.2, 0) is 4.79 Å². The molecule has 1 amide bonds. The largest absolute Gasteiger partial charge is 0.355 e.